The van der Waals surface area contributed by atoms with Crippen molar-refractivity contribution < 1.29 is 14.3 Å². The van der Waals surface area contributed by atoms with Crippen molar-refractivity contribution in [2.75, 3.05) is 22.6 Å². The molecule has 1 atom stereocenters. The van der Waals surface area contributed by atoms with Crippen molar-refractivity contribution in [2.45, 2.75) is 26.4 Å². The molecule has 20 heavy (non-hydrogen) atoms. The summed E-state index contributed by atoms with van der Waals surface area (Å²) in [6.07, 6.45) is 0.343. The molecular formula is C14H17ClN2O3. The van der Waals surface area contributed by atoms with Crippen LogP contribution < -0.4 is 15.0 Å². The second kappa shape index (κ2) is 6.13. The Hall–Kier alpha value is -1.75. The summed E-state index contributed by atoms with van der Waals surface area (Å²) < 4.78 is 5.60. The maximum absolute atomic E-state index is 12.1. The maximum Gasteiger partial charge on any atom is 0.267 e. The summed E-state index contributed by atoms with van der Waals surface area (Å²) in [7, 11) is 0. The lowest BCUT2D eigenvalue weighted by molar-refractivity contribution is -0.125. The van der Waals surface area contributed by atoms with Gasteiger partial charge in [0.2, 0.25) is 5.91 Å². The molecule has 1 aliphatic heterocycles. The predicted octanol–water partition coefficient (Wildman–Crippen LogP) is 2.39. The average molecular weight is 297 g/mol. The van der Waals surface area contributed by atoms with E-state index in [4.69, 9.17) is 16.3 Å². The first-order valence-electron chi connectivity index (χ1n) is 6.54. The molecule has 0 spiro atoms. The minimum Gasteiger partial charge on any atom is -0.479 e. The van der Waals surface area contributed by atoms with E-state index in [0.29, 0.717) is 18.0 Å². The summed E-state index contributed by atoms with van der Waals surface area (Å²) in [5, 5.41) is 2.66. The van der Waals surface area contributed by atoms with Crippen LogP contribution in [0.25, 0.3) is 0 Å². The van der Waals surface area contributed by atoms with E-state index in [2.05, 4.69) is 5.32 Å². The first kappa shape index (κ1) is 14.7. The summed E-state index contributed by atoms with van der Waals surface area (Å²) in [4.78, 5) is 25.1. The minimum absolute atomic E-state index is 0.0445. The Morgan fingerprint density at radius 2 is 2.25 bits per heavy atom. The van der Waals surface area contributed by atoms with Gasteiger partial charge in [0.15, 0.2) is 6.10 Å². The Bertz CT molecular complexity index is 533. The van der Waals surface area contributed by atoms with Gasteiger partial charge >= 0.3 is 0 Å². The van der Waals surface area contributed by atoms with Gasteiger partial charge in [-0.25, -0.2) is 0 Å². The number of halogens is 1. The fourth-order valence-electron chi connectivity index (χ4n) is 2.14. The van der Waals surface area contributed by atoms with Crippen LogP contribution in [0.1, 0.15) is 20.3 Å². The van der Waals surface area contributed by atoms with E-state index in [-0.39, 0.29) is 17.7 Å². The van der Waals surface area contributed by atoms with Crippen LogP contribution in [0.3, 0.4) is 0 Å². The highest BCUT2D eigenvalue weighted by molar-refractivity contribution is 6.29. The van der Waals surface area contributed by atoms with E-state index in [9.17, 15) is 9.59 Å². The van der Waals surface area contributed by atoms with Crippen molar-refractivity contribution in [1.29, 1.82) is 0 Å². The van der Waals surface area contributed by atoms with Crippen LogP contribution in [0, 0.1) is 0 Å². The zero-order valence-electron chi connectivity index (χ0n) is 11.5. The summed E-state index contributed by atoms with van der Waals surface area (Å²) in [6, 6.07) is 5.22. The third-order valence-corrected chi connectivity index (χ3v) is 3.26. The molecule has 0 saturated heterocycles. The number of hydrogen-bond donors (Lipinski definition) is 1. The van der Waals surface area contributed by atoms with Gasteiger partial charge < -0.3 is 15.0 Å². The lowest BCUT2D eigenvalue weighted by Crippen LogP contribution is -2.44. The molecule has 2 rings (SSSR count). The van der Waals surface area contributed by atoms with E-state index in [1.807, 2.05) is 6.92 Å². The summed E-state index contributed by atoms with van der Waals surface area (Å²) in [6.45, 7) is 4.38. The van der Waals surface area contributed by atoms with Crippen LogP contribution in [0.4, 0.5) is 11.4 Å². The highest BCUT2D eigenvalue weighted by Gasteiger charge is 2.30. The normalized spacial score (nSPS) is 17.4. The first-order chi connectivity index (χ1) is 9.56. The molecule has 0 saturated carbocycles. The van der Waals surface area contributed by atoms with Gasteiger partial charge in [-0.2, -0.15) is 0 Å². The number of fused-ring (bicyclic) bond motifs is 1. The van der Waals surface area contributed by atoms with Gasteiger partial charge in [-0.3, -0.25) is 9.59 Å². The number of ether oxygens (including phenoxy) is 1. The molecule has 1 N–H and O–H groups in total. The molecule has 0 aromatic heterocycles. The molecule has 1 aliphatic rings. The number of amides is 2. The van der Waals surface area contributed by atoms with Crippen LogP contribution in [-0.4, -0.2) is 30.3 Å². The first-order valence-corrected chi connectivity index (χ1v) is 7.08. The molecule has 0 fully saturated rings. The van der Waals surface area contributed by atoms with Crippen LogP contribution in [0.5, 0.6) is 5.75 Å². The number of nitrogens with zero attached hydrogens (tertiary/aromatic N) is 1. The number of hydrogen-bond acceptors (Lipinski definition) is 3. The number of benzene rings is 1. The van der Waals surface area contributed by atoms with Gasteiger partial charge in [0.1, 0.15) is 11.6 Å². The van der Waals surface area contributed by atoms with E-state index < -0.39 is 6.10 Å². The number of carbonyl (C=O) groups is 2. The van der Waals surface area contributed by atoms with Gasteiger partial charge in [-0.15, -0.1) is 11.6 Å². The zero-order valence-corrected chi connectivity index (χ0v) is 12.2. The van der Waals surface area contributed by atoms with Gasteiger partial charge in [-0.1, -0.05) is 6.92 Å². The Balaban J connectivity index is 2.31. The van der Waals surface area contributed by atoms with Gasteiger partial charge in [-0.05, 0) is 25.5 Å². The molecule has 0 bridgehead atoms. The van der Waals surface area contributed by atoms with Crippen molar-refractivity contribution in [3.8, 4) is 5.75 Å². The minimum atomic E-state index is -0.520. The standard InChI is InChI=1S/C14H17ClN2O3/c1-3-6-17-11-5-4-10(16-13(18)8-15)7-12(11)20-9(2)14(17)19/h4-5,7,9H,3,6,8H2,1-2H3,(H,16,18). The molecule has 2 amide bonds. The second-order valence-electron chi connectivity index (χ2n) is 4.61. The van der Waals surface area contributed by atoms with Crippen molar-refractivity contribution in [2.24, 2.45) is 0 Å². The summed E-state index contributed by atoms with van der Waals surface area (Å²) >= 11 is 5.46. The molecule has 1 heterocycles. The van der Waals surface area contributed by atoms with E-state index in [1.54, 1.807) is 30.0 Å². The predicted molar refractivity (Wildman–Crippen MR) is 78.5 cm³/mol. The van der Waals surface area contributed by atoms with Crippen molar-refractivity contribution in [1.82, 2.24) is 0 Å². The molecule has 1 aromatic carbocycles. The molecule has 6 heteroatoms. The average Bonchev–Trinajstić information content (AvgIpc) is 2.43. The number of alkyl halides is 1. The zero-order chi connectivity index (χ0) is 14.7. The molecule has 0 aliphatic carbocycles. The summed E-state index contributed by atoms with van der Waals surface area (Å²) in [5.41, 5.74) is 1.34. The lowest BCUT2D eigenvalue weighted by atomic mass is 10.1. The molecule has 0 radical (unpaired) electrons. The van der Waals surface area contributed by atoms with Crippen LogP contribution in [0.2, 0.25) is 0 Å². The largest absolute Gasteiger partial charge is 0.479 e. The van der Waals surface area contributed by atoms with E-state index in [1.165, 1.54) is 0 Å². The second-order valence-corrected chi connectivity index (χ2v) is 4.88. The summed E-state index contributed by atoms with van der Waals surface area (Å²) in [5.74, 6) is 0.168. The van der Waals surface area contributed by atoms with Crippen molar-refractivity contribution >= 4 is 34.8 Å². The quantitative estimate of drug-likeness (QED) is 0.868. The number of rotatable bonds is 4. The number of anilines is 2. The monoisotopic (exact) mass is 296 g/mol. The lowest BCUT2D eigenvalue weighted by Gasteiger charge is -2.33. The molecule has 5 nitrogen and oxygen atoms in total. The number of carbonyl (C=O) groups excluding carboxylic acids is 2. The van der Waals surface area contributed by atoms with E-state index >= 15 is 0 Å². The Labute approximate surface area is 122 Å². The Morgan fingerprint density at radius 3 is 2.90 bits per heavy atom. The number of nitrogens with one attached hydrogen (secondary N) is 1. The van der Waals surface area contributed by atoms with Crippen LogP contribution >= 0.6 is 11.6 Å². The molecular weight excluding hydrogens is 280 g/mol. The molecule has 1 aromatic rings. The molecule has 108 valence electrons. The van der Waals surface area contributed by atoms with Gasteiger partial charge in [0, 0.05) is 18.3 Å². The van der Waals surface area contributed by atoms with Crippen molar-refractivity contribution in [3.05, 3.63) is 18.2 Å². The Kier molecular flexibility index (Phi) is 4.49. The van der Waals surface area contributed by atoms with E-state index in [0.717, 1.165) is 12.1 Å². The molecule has 1 unspecified atom stereocenters. The maximum atomic E-state index is 12.1. The third-order valence-electron chi connectivity index (χ3n) is 3.02. The smallest absolute Gasteiger partial charge is 0.267 e. The van der Waals surface area contributed by atoms with Gasteiger partial charge in [0.25, 0.3) is 5.91 Å². The van der Waals surface area contributed by atoms with Gasteiger partial charge in [0.05, 0.1) is 5.69 Å². The SMILES string of the molecule is CCCN1C(=O)C(C)Oc2cc(NC(=O)CCl)ccc21. The highest BCUT2D eigenvalue weighted by atomic mass is 35.5. The fourth-order valence-corrected chi connectivity index (χ4v) is 2.20. The third kappa shape index (κ3) is 2.88. The van der Waals surface area contributed by atoms with Crippen molar-refractivity contribution in [3.63, 3.8) is 0 Å². The van der Waals surface area contributed by atoms with Crippen LogP contribution in [0.15, 0.2) is 18.2 Å². The topological polar surface area (TPSA) is 58.6 Å². The Morgan fingerprint density at radius 1 is 1.50 bits per heavy atom. The van der Waals surface area contributed by atoms with Crippen LogP contribution in [-0.2, 0) is 9.59 Å². The fraction of sp³-hybridized carbons (Fsp3) is 0.429. The highest BCUT2D eigenvalue weighted by Crippen LogP contribution is 2.36.